The molecule has 2 aromatic carbocycles. The highest BCUT2D eigenvalue weighted by Crippen LogP contribution is 2.41. The molecule has 0 atom stereocenters. The van der Waals surface area contributed by atoms with Gasteiger partial charge in [0.1, 0.15) is 18.1 Å². The fraction of sp³-hybridized carbons (Fsp3) is 0.158. The second-order valence-electron chi connectivity index (χ2n) is 5.83. The maximum atomic E-state index is 12.7. The van der Waals surface area contributed by atoms with Gasteiger partial charge >= 0.3 is 0 Å². The largest absolute Gasteiger partial charge is 0.458 e. The van der Waals surface area contributed by atoms with Crippen molar-refractivity contribution in [3.8, 4) is 11.3 Å². The van der Waals surface area contributed by atoms with E-state index in [9.17, 15) is 14.7 Å². The van der Waals surface area contributed by atoms with Crippen molar-refractivity contribution in [2.45, 2.75) is 20.5 Å². The lowest BCUT2D eigenvalue weighted by Gasteiger charge is -2.16. The Kier molecular flexibility index (Phi) is 2.80. The molecular formula is C19H14O4. The van der Waals surface area contributed by atoms with E-state index in [0.717, 1.165) is 16.3 Å². The average molecular weight is 306 g/mol. The second kappa shape index (κ2) is 4.64. The zero-order valence-electron chi connectivity index (χ0n) is 12.8. The molecule has 1 heterocycles. The quantitative estimate of drug-likeness (QED) is 0.698. The lowest BCUT2D eigenvalue weighted by Crippen LogP contribution is -2.21. The number of carbonyl (C=O) groups excluding carboxylic acids is 2. The summed E-state index contributed by atoms with van der Waals surface area (Å²) in [5.74, 6) is -0.373. The van der Waals surface area contributed by atoms with Crippen molar-refractivity contribution >= 4 is 22.3 Å². The van der Waals surface area contributed by atoms with Crippen molar-refractivity contribution < 1.29 is 19.1 Å². The SMILES string of the molecule is Cc1c(CO)oc2c1C(=O)C(=O)c1c-2ccc2c(C)cccc12. The number of hydrogen-bond acceptors (Lipinski definition) is 4. The number of aliphatic hydroxyl groups is 1. The lowest BCUT2D eigenvalue weighted by molar-refractivity contribution is 0.0815. The predicted octanol–water partition coefficient (Wildman–Crippen LogP) is 3.59. The molecule has 4 heteroatoms. The number of ketones is 2. The number of aliphatic hydroxyl groups excluding tert-OH is 1. The summed E-state index contributed by atoms with van der Waals surface area (Å²) in [6, 6.07) is 9.44. The van der Waals surface area contributed by atoms with Crippen molar-refractivity contribution in [2.24, 2.45) is 0 Å². The lowest BCUT2D eigenvalue weighted by atomic mass is 9.83. The number of furan rings is 1. The maximum absolute atomic E-state index is 12.7. The van der Waals surface area contributed by atoms with Crippen LogP contribution in [0.2, 0.25) is 0 Å². The van der Waals surface area contributed by atoms with E-state index in [1.807, 2.05) is 37.3 Å². The first kappa shape index (κ1) is 13.9. The third-order valence-electron chi connectivity index (χ3n) is 4.57. The molecule has 23 heavy (non-hydrogen) atoms. The van der Waals surface area contributed by atoms with Gasteiger partial charge in [0.2, 0.25) is 11.6 Å². The molecule has 0 radical (unpaired) electrons. The highest BCUT2D eigenvalue weighted by atomic mass is 16.4. The molecule has 0 bridgehead atoms. The van der Waals surface area contributed by atoms with Crippen LogP contribution in [0.4, 0.5) is 0 Å². The number of rotatable bonds is 1. The Bertz CT molecular complexity index is 1010. The maximum Gasteiger partial charge on any atom is 0.237 e. The third kappa shape index (κ3) is 1.69. The number of aryl methyl sites for hydroxylation is 1. The van der Waals surface area contributed by atoms with Gasteiger partial charge in [0.15, 0.2) is 0 Å². The molecule has 0 unspecified atom stereocenters. The van der Waals surface area contributed by atoms with Gasteiger partial charge in [-0.1, -0.05) is 24.3 Å². The van der Waals surface area contributed by atoms with E-state index in [1.54, 1.807) is 6.92 Å². The smallest absolute Gasteiger partial charge is 0.237 e. The minimum Gasteiger partial charge on any atom is -0.458 e. The molecule has 0 spiro atoms. The van der Waals surface area contributed by atoms with Gasteiger partial charge in [-0.3, -0.25) is 9.59 Å². The molecule has 1 aliphatic rings. The normalized spacial score (nSPS) is 13.3. The van der Waals surface area contributed by atoms with Crippen LogP contribution in [0.25, 0.3) is 22.1 Å². The molecule has 1 aromatic heterocycles. The Balaban J connectivity index is 2.16. The summed E-state index contributed by atoms with van der Waals surface area (Å²) in [5, 5.41) is 11.1. The second-order valence-corrected chi connectivity index (χ2v) is 5.83. The Hall–Kier alpha value is -2.72. The summed E-state index contributed by atoms with van der Waals surface area (Å²) in [7, 11) is 0. The van der Waals surface area contributed by atoms with E-state index >= 15 is 0 Å². The third-order valence-corrected chi connectivity index (χ3v) is 4.57. The van der Waals surface area contributed by atoms with Gasteiger partial charge in [0.05, 0.1) is 5.56 Å². The van der Waals surface area contributed by atoms with E-state index < -0.39 is 11.6 Å². The Morgan fingerprint density at radius 2 is 1.70 bits per heavy atom. The standard InChI is InChI=1S/C19H14O4/c1-9-4-3-5-12-11(9)6-7-13-16(12)18(22)17(21)15-10(2)14(8-20)23-19(13)15/h3-7,20H,8H2,1-2H3. The summed E-state index contributed by atoms with van der Waals surface area (Å²) >= 11 is 0. The predicted molar refractivity (Wildman–Crippen MR) is 85.7 cm³/mol. The molecule has 1 aliphatic carbocycles. The van der Waals surface area contributed by atoms with Gasteiger partial charge in [0.25, 0.3) is 0 Å². The van der Waals surface area contributed by atoms with Crippen LogP contribution in [0.5, 0.6) is 0 Å². The van der Waals surface area contributed by atoms with E-state index in [-0.39, 0.29) is 12.2 Å². The first-order valence-electron chi connectivity index (χ1n) is 7.39. The first-order valence-corrected chi connectivity index (χ1v) is 7.39. The summed E-state index contributed by atoms with van der Waals surface area (Å²) in [5.41, 5.74) is 2.87. The number of fused-ring (bicyclic) bond motifs is 5. The molecule has 0 fully saturated rings. The van der Waals surface area contributed by atoms with Crippen molar-refractivity contribution in [1.29, 1.82) is 0 Å². The van der Waals surface area contributed by atoms with Crippen molar-refractivity contribution in [3.63, 3.8) is 0 Å². The number of Topliss-reactive ketones (excluding diaryl/α,β-unsaturated/α-hetero) is 2. The molecule has 4 nitrogen and oxygen atoms in total. The molecule has 114 valence electrons. The minimum absolute atomic E-state index is 0.276. The zero-order valence-corrected chi connectivity index (χ0v) is 12.8. The molecule has 1 N–H and O–H groups in total. The zero-order chi connectivity index (χ0) is 16.3. The minimum atomic E-state index is -0.567. The van der Waals surface area contributed by atoms with Crippen molar-refractivity contribution in [2.75, 3.05) is 0 Å². The molecular weight excluding hydrogens is 292 g/mol. The van der Waals surface area contributed by atoms with Crippen LogP contribution in [-0.2, 0) is 6.61 Å². The molecule has 0 saturated carbocycles. The highest BCUT2D eigenvalue weighted by molar-refractivity contribution is 6.54. The topological polar surface area (TPSA) is 67.5 Å². The summed E-state index contributed by atoms with van der Waals surface area (Å²) in [4.78, 5) is 25.3. The van der Waals surface area contributed by atoms with Crippen LogP contribution in [0, 0.1) is 13.8 Å². The highest BCUT2D eigenvalue weighted by Gasteiger charge is 2.37. The van der Waals surface area contributed by atoms with E-state index in [4.69, 9.17) is 4.42 Å². The monoisotopic (exact) mass is 306 g/mol. The van der Waals surface area contributed by atoms with Crippen LogP contribution in [0.3, 0.4) is 0 Å². The van der Waals surface area contributed by atoms with E-state index in [2.05, 4.69) is 0 Å². The van der Waals surface area contributed by atoms with Gasteiger partial charge in [0, 0.05) is 16.7 Å². The Morgan fingerprint density at radius 1 is 0.957 bits per heavy atom. The Morgan fingerprint density at radius 3 is 2.43 bits per heavy atom. The van der Waals surface area contributed by atoms with Crippen LogP contribution in [0.1, 0.15) is 37.6 Å². The van der Waals surface area contributed by atoms with Gasteiger partial charge in [-0.2, -0.15) is 0 Å². The van der Waals surface area contributed by atoms with Gasteiger partial charge < -0.3 is 9.52 Å². The first-order chi connectivity index (χ1) is 11.0. The average Bonchev–Trinajstić information content (AvgIpc) is 2.89. The Labute approximate surface area is 132 Å². The molecule has 0 aliphatic heterocycles. The van der Waals surface area contributed by atoms with Gasteiger partial charge in [-0.25, -0.2) is 0 Å². The molecule has 3 aromatic rings. The number of carbonyl (C=O) groups is 2. The summed E-state index contributed by atoms with van der Waals surface area (Å²) < 4.78 is 5.69. The van der Waals surface area contributed by atoms with Crippen LogP contribution >= 0.6 is 0 Å². The molecule has 0 saturated heterocycles. The molecule has 0 amide bonds. The summed E-state index contributed by atoms with van der Waals surface area (Å²) in [6.07, 6.45) is 0. The van der Waals surface area contributed by atoms with Crippen LogP contribution in [-0.4, -0.2) is 16.7 Å². The molecule has 4 rings (SSSR count). The number of hydrogen-bond donors (Lipinski definition) is 1. The van der Waals surface area contributed by atoms with Crippen LogP contribution in [0.15, 0.2) is 34.7 Å². The van der Waals surface area contributed by atoms with Crippen LogP contribution < -0.4 is 0 Å². The number of benzene rings is 2. The fourth-order valence-electron chi connectivity index (χ4n) is 3.35. The van der Waals surface area contributed by atoms with E-state index in [1.165, 1.54) is 0 Å². The van der Waals surface area contributed by atoms with Gasteiger partial charge in [-0.15, -0.1) is 0 Å². The van der Waals surface area contributed by atoms with Gasteiger partial charge in [-0.05, 0) is 36.2 Å². The van der Waals surface area contributed by atoms with E-state index in [0.29, 0.717) is 28.2 Å². The van der Waals surface area contributed by atoms with Crippen molar-refractivity contribution in [3.05, 3.63) is 58.3 Å². The summed E-state index contributed by atoms with van der Waals surface area (Å²) in [6.45, 7) is 3.35. The van der Waals surface area contributed by atoms with Crippen molar-refractivity contribution in [1.82, 2.24) is 0 Å². The fourth-order valence-corrected chi connectivity index (χ4v) is 3.35.